The Kier molecular flexibility index (Phi) is 3.19. The molecule has 0 fully saturated rings. The molecule has 1 heterocycles. The maximum Gasteiger partial charge on any atom is 0.0996 e. The van der Waals surface area contributed by atoms with Crippen molar-refractivity contribution in [3.8, 4) is 5.69 Å². The van der Waals surface area contributed by atoms with Gasteiger partial charge in [-0.2, -0.15) is 0 Å². The summed E-state index contributed by atoms with van der Waals surface area (Å²) in [6.45, 7) is 1.67. The van der Waals surface area contributed by atoms with Crippen molar-refractivity contribution in [2.45, 2.75) is 13.0 Å². The summed E-state index contributed by atoms with van der Waals surface area (Å²) in [5, 5.41) is 10.4. The van der Waals surface area contributed by atoms with Crippen molar-refractivity contribution < 1.29 is 5.11 Å². The van der Waals surface area contributed by atoms with E-state index in [1.807, 2.05) is 6.07 Å². The standard InChI is InChI=1S/C11H10Cl2N2O/c1-7(16)11-5-15(6-14-11)8-2-3-9(12)10(13)4-8/h2-7,16H,1H3. The number of nitrogens with zero attached hydrogens (tertiary/aromatic N) is 2. The topological polar surface area (TPSA) is 38.0 Å². The first-order valence-corrected chi connectivity index (χ1v) is 5.51. The van der Waals surface area contributed by atoms with Crippen molar-refractivity contribution >= 4 is 23.2 Å². The molecule has 0 amide bonds. The molecule has 84 valence electrons. The van der Waals surface area contributed by atoms with Crippen LogP contribution in [0.2, 0.25) is 10.0 Å². The third-order valence-corrected chi connectivity index (χ3v) is 2.97. The molecular weight excluding hydrogens is 247 g/mol. The highest BCUT2D eigenvalue weighted by atomic mass is 35.5. The van der Waals surface area contributed by atoms with Crippen LogP contribution in [0.5, 0.6) is 0 Å². The average Bonchev–Trinajstić information content (AvgIpc) is 2.71. The van der Waals surface area contributed by atoms with Crippen LogP contribution in [-0.4, -0.2) is 14.7 Å². The number of benzene rings is 1. The van der Waals surface area contributed by atoms with E-state index >= 15 is 0 Å². The van der Waals surface area contributed by atoms with E-state index in [0.29, 0.717) is 15.7 Å². The number of aromatic nitrogens is 2. The van der Waals surface area contributed by atoms with Crippen molar-refractivity contribution in [1.82, 2.24) is 9.55 Å². The molecule has 0 radical (unpaired) electrons. The third kappa shape index (κ3) is 2.21. The minimum absolute atomic E-state index is 0.492. The molecular formula is C11H10Cl2N2O. The predicted molar refractivity (Wildman–Crippen MR) is 64.2 cm³/mol. The average molecular weight is 257 g/mol. The molecule has 0 saturated heterocycles. The lowest BCUT2D eigenvalue weighted by Gasteiger charge is -2.03. The van der Waals surface area contributed by atoms with E-state index in [1.165, 1.54) is 0 Å². The van der Waals surface area contributed by atoms with Gasteiger partial charge >= 0.3 is 0 Å². The van der Waals surface area contributed by atoms with Gasteiger partial charge in [0.05, 0.1) is 28.2 Å². The van der Waals surface area contributed by atoms with Crippen LogP contribution in [0, 0.1) is 0 Å². The highest BCUT2D eigenvalue weighted by molar-refractivity contribution is 6.42. The van der Waals surface area contributed by atoms with E-state index < -0.39 is 6.10 Å². The minimum atomic E-state index is -0.580. The largest absolute Gasteiger partial charge is 0.387 e. The SMILES string of the molecule is CC(O)c1cn(-c2ccc(Cl)c(Cl)c2)cn1. The summed E-state index contributed by atoms with van der Waals surface area (Å²) in [5.74, 6) is 0. The summed E-state index contributed by atoms with van der Waals surface area (Å²) >= 11 is 11.7. The van der Waals surface area contributed by atoms with Crippen LogP contribution in [-0.2, 0) is 0 Å². The number of halogens is 2. The first-order chi connectivity index (χ1) is 7.58. The fourth-order valence-electron chi connectivity index (χ4n) is 1.34. The zero-order valence-corrected chi connectivity index (χ0v) is 10.1. The summed E-state index contributed by atoms with van der Waals surface area (Å²) in [6.07, 6.45) is 2.80. The molecule has 1 unspecified atom stereocenters. The van der Waals surface area contributed by atoms with Gasteiger partial charge in [0.2, 0.25) is 0 Å². The van der Waals surface area contributed by atoms with Crippen molar-refractivity contribution in [3.05, 3.63) is 46.5 Å². The fraction of sp³-hybridized carbons (Fsp3) is 0.182. The number of imidazole rings is 1. The van der Waals surface area contributed by atoms with E-state index in [4.69, 9.17) is 23.2 Å². The molecule has 1 aromatic carbocycles. The van der Waals surface area contributed by atoms with Crippen LogP contribution < -0.4 is 0 Å². The van der Waals surface area contributed by atoms with Crippen molar-refractivity contribution in [2.75, 3.05) is 0 Å². The van der Waals surface area contributed by atoms with Gasteiger partial charge in [0.25, 0.3) is 0 Å². The first kappa shape index (κ1) is 11.5. The van der Waals surface area contributed by atoms with Gasteiger partial charge in [-0.3, -0.25) is 0 Å². The van der Waals surface area contributed by atoms with Crippen LogP contribution in [0.3, 0.4) is 0 Å². The van der Waals surface area contributed by atoms with Gasteiger partial charge in [-0.15, -0.1) is 0 Å². The second-order valence-electron chi connectivity index (χ2n) is 3.48. The third-order valence-electron chi connectivity index (χ3n) is 2.23. The van der Waals surface area contributed by atoms with Crippen LogP contribution >= 0.6 is 23.2 Å². The minimum Gasteiger partial charge on any atom is -0.387 e. The Morgan fingerprint density at radius 3 is 2.62 bits per heavy atom. The highest BCUT2D eigenvalue weighted by Crippen LogP contribution is 2.24. The van der Waals surface area contributed by atoms with Crippen LogP contribution in [0.1, 0.15) is 18.7 Å². The zero-order chi connectivity index (χ0) is 11.7. The molecule has 0 saturated carbocycles. The molecule has 2 rings (SSSR count). The van der Waals surface area contributed by atoms with Gasteiger partial charge in [-0.1, -0.05) is 23.2 Å². The van der Waals surface area contributed by atoms with E-state index in [-0.39, 0.29) is 0 Å². The van der Waals surface area contributed by atoms with Crippen LogP contribution in [0.4, 0.5) is 0 Å². The van der Waals surface area contributed by atoms with Gasteiger partial charge in [0, 0.05) is 11.9 Å². The number of hydrogen-bond acceptors (Lipinski definition) is 2. The molecule has 0 spiro atoms. The Morgan fingerprint density at radius 2 is 2.06 bits per heavy atom. The fourth-order valence-corrected chi connectivity index (χ4v) is 1.63. The molecule has 1 aromatic heterocycles. The quantitative estimate of drug-likeness (QED) is 0.896. The molecule has 16 heavy (non-hydrogen) atoms. The second kappa shape index (κ2) is 4.45. The summed E-state index contributed by atoms with van der Waals surface area (Å²) in [5.41, 5.74) is 1.47. The monoisotopic (exact) mass is 256 g/mol. The lowest BCUT2D eigenvalue weighted by atomic mass is 10.3. The van der Waals surface area contributed by atoms with Gasteiger partial charge in [-0.05, 0) is 25.1 Å². The van der Waals surface area contributed by atoms with Gasteiger partial charge in [0.1, 0.15) is 0 Å². The second-order valence-corrected chi connectivity index (χ2v) is 4.29. The van der Waals surface area contributed by atoms with Crippen LogP contribution in [0.25, 0.3) is 5.69 Å². The number of rotatable bonds is 2. The molecule has 1 atom stereocenters. The van der Waals surface area contributed by atoms with Crippen molar-refractivity contribution in [1.29, 1.82) is 0 Å². The smallest absolute Gasteiger partial charge is 0.0996 e. The van der Waals surface area contributed by atoms with Crippen molar-refractivity contribution in [3.63, 3.8) is 0 Å². The molecule has 0 aliphatic heterocycles. The Hall–Kier alpha value is -1.03. The van der Waals surface area contributed by atoms with Gasteiger partial charge < -0.3 is 9.67 Å². The van der Waals surface area contributed by atoms with Crippen molar-refractivity contribution in [2.24, 2.45) is 0 Å². The Bertz CT molecular complexity index is 508. The van der Waals surface area contributed by atoms with E-state index in [1.54, 1.807) is 36.1 Å². The molecule has 0 bridgehead atoms. The Morgan fingerprint density at radius 1 is 1.31 bits per heavy atom. The molecule has 2 aromatic rings. The lowest BCUT2D eigenvalue weighted by Crippen LogP contribution is -1.91. The first-order valence-electron chi connectivity index (χ1n) is 4.75. The predicted octanol–water partition coefficient (Wildman–Crippen LogP) is 3.23. The summed E-state index contributed by atoms with van der Waals surface area (Å²) in [7, 11) is 0. The molecule has 1 N–H and O–H groups in total. The van der Waals surface area contributed by atoms with Crippen LogP contribution in [0.15, 0.2) is 30.7 Å². The number of hydrogen-bond donors (Lipinski definition) is 1. The number of aliphatic hydroxyl groups excluding tert-OH is 1. The van der Waals surface area contributed by atoms with Gasteiger partial charge in [0.15, 0.2) is 0 Å². The van der Waals surface area contributed by atoms with E-state index in [9.17, 15) is 5.11 Å². The Labute approximate surface area is 103 Å². The maximum absolute atomic E-state index is 9.36. The van der Waals surface area contributed by atoms with Gasteiger partial charge in [-0.25, -0.2) is 4.98 Å². The molecule has 5 heteroatoms. The Balaban J connectivity index is 2.39. The molecule has 0 aliphatic rings. The lowest BCUT2D eigenvalue weighted by molar-refractivity contribution is 0.195. The summed E-state index contributed by atoms with van der Waals surface area (Å²) in [6, 6.07) is 5.31. The molecule has 3 nitrogen and oxygen atoms in total. The maximum atomic E-state index is 9.36. The van der Waals surface area contributed by atoms with E-state index in [0.717, 1.165) is 5.69 Å². The molecule has 0 aliphatic carbocycles. The summed E-state index contributed by atoms with van der Waals surface area (Å²) in [4.78, 5) is 4.08. The zero-order valence-electron chi connectivity index (χ0n) is 8.56. The number of aliphatic hydroxyl groups is 1. The van der Waals surface area contributed by atoms with E-state index in [2.05, 4.69) is 4.98 Å². The highest BCUT2D eigenvalue weighted by Gasteiger charge is 2.06. The summed E-state index contributed by atoms with van der Waals surface area (Å²) < 4.78 is 1.78. The normalized spacial score (nSPS) is 12.8.